The van der Waals surface area contributed by atoms with Crippen LogP contribution in [0.5, 0.6) is 0 Å². The summed E-state index contributed by atoms with van der Waals surface area (Å²) in [5.74, 6) is -0.269. The van der Waals surface area contributed by atoms with Crippen molar-refractivity contribution in [1.82, 2.24) is 20.6 Å². The summed E-state index contributed by atoms with van der Waals surface area (Å²) in [6.45, 7) is 0.432. The summed E-state index contributed by atoms with van der Waals surface area (Å²) < 4.78 is 0. The number of rotatable bonds is 6. The number of nitrogens with zero attached hydrogens (tertiary/aromatic N) is 2. The van der Waals surface area contributed by atoms with Crippen molar-refractivity contribution < 1.29 is 9.59 Å². The quantitative estimate of drug-likeness (QED) is 0.760. The predicted molar refractivity (Wildman–Crippen MR) is 69.8 cm³/mol. The second kappa shape index (κ2) is 6.47. The van der Waals surface area contributed by atoms with Crippen LogP contribution in [0.1, 0.15) is 36.2 Å². The highest BCUT2D eigenvalue weighted by Crippen LogP contribution is 2.18. The Bertz CT molecular complexity index is 459. The third-order valence-electron chi connectivity index (χ3n) is 2.66. The molecular formula is C12H15ClN4O2. The maximum Gasteiger partial charge on any atom is 0.271 e. The maximum absolute atomic E-state index is 11.6. The van der Waals surface area contributed by atoms with Crippen LogP contribution in [0.15, 0.2) is 12.4 Å². The molecule has 1 aromatic heterocycles. The van der Waals surface area contributed by atoms with E-state index in [-0.39, 0.29) is 22.7 Å². The molecule has 2 amide bonds. The van der Waals surface area contributed by atoms with Gasteiger partial charge in [-0.15, -0.1) is 0 Å². The number of halogens is 1. The standard InChI is InChI=1S/C12H15ClN4O2/c13-10-7-15-9(6-16-10)12(19)14-5-1-2-11(18)17-8-3-4-8/h6-8H,1-5H2,(H,14,19)(H,17,18). The molecule has 0 aliphatic heterocycles. The van der Waals surface area contributed by atoms with Gasteiger partial charge in [0.05, 0.1) is 12.4 Å². The molecule has 102 valence electrons. The Kier molecular flexibility index (Phi) is 4.68. The van der Waals surface area contributed by atoms with E-state index in [9.17, 15) is 9.59 Å². The van der Waals surface area contributed by atoms with E-state index in [4.69, 9.17) is 11.6 Å². The predicted octanol–water partition coefficient (Wildman–Crippen LogP) is 0.919. The second-order valence-electron chi connectivity index (χ2n) is 4.43. The lowest BCUT2D eigenvalue weighted by Gasteiger charge is -2.05. The minimum absolute atomic E-state index is 0.0445. The van der Waals surface area contributed by atoms with Gasteiger partial charge in [0, 0.05) is 19.0 Å². The number of carbonyl (C=O) groups is 2. The van der Waals surface area contributed by atoms with Crippen LogP contribution in [-0.2, 0) is 4.79 Å². The molecule has 6 nitrogen and oxygen atoms in total. The summed E-state index contributed by atoms with van der Waals surface area (Å²) in [5.41, 5.74) is 0.215. The molecule has 0 saturated heterocycles. The molecule has 19 heavy (non-hydrogen) atoms. The van der Waals surface area contributed by atoms with E-state index in [1.165, 1.54) is 12.4 Å². The number of hydrogen-bond acceptors (Lipinski definition) is 4. The molecule has 1 aliphatic carbocycles. The zero-order valence-electron chi connectivity index (χ0n) is 10.4. The van der Waals surface area contributed by atoms with E-state index >= 15 is 0 Å². The smallest absolute Gasteiger partial charge is 0.271 e. The van der Waals surface area contributed by atoms with Crippen molar-refractivity contribution in [1.29, 1.82) is 0 Å². The molecule has 1 aliphatic rings. The summed E-state index contributed by atoms with van der Waals surface area (Å²) in [7, 11) is 0. The van der Waals surface area contributed by atoms with Gasteiger partial charge in [0.1, 0.15) is 10.8 Å². The molecule has 0 atom stereocenters. The summed E-state index contributed by atoms with van der Waals surface area (Å²) >= 11 is 5.57. The Morgan fingerprint density at radius 1 is 1.32 bits per heavy atom. The molecule has 1 aromatic rings. The van der Waals surface area contributed by atoms with Crippen molar-refractivity contribution in [2.45, 2.75) is 31.7 Å². The first-order chi connectivity index (χ1) is 9.15. The molecule has 1 saturated carbocycles. The number of hydrogen-bond donors (Lipinski definition) is 2. The van der Waals surface area contributed by atoms with Gasteiger partial charge in [-0.3, -0.25) is 9.59 Å². The second-order valence-corrected chi connectivity index (χ2v) is 4.81. The lowest BCUT2D eigenvalue weighted by molar-refractivity contribution is -0.121. The Morgan fingerprint density at radius 2 is 2.11 bits per heavy atom. The van der Waals surface area contributed by atoms with Crippen LogP contribution in [0.3, 0.4) is 0 Å². The third-order valence-corrected chi connectivity index (χ3v) is 2.86. The maximum atomic E-state index is 11.6. The van der Waals surface area contributed by atoms with Gasteiger partial charge < -0.3 is 10.6 Å². The molecular weight excluding hydrogens is 268 g/mol. The average Bonchev–Trinajstić information content (AvgIpc) is 3.19. The van der Waals surface area contributed by atoms with Crippen molar-refractivity contribution in [2.75, 3.05) is 6.54 Å². The molecule has 0 bridgehead atoms. The van der Waals surface area contributed by atoms with Gasteiger partial charge in [0.2, 0.25) is 5.91 Å². The molecule has 2 rings (SSSR count). The third kappa shape index (κ3) is 4.82. The van der Waals surface area contributed by atoms with Gasteiger partial charge in [-0.05, 0) is 19.3 Å². The highest BCUT2D eigenvalue weighted by molar-refractivity contribution is 6.29. The number of amides is 2. The summed E-state index contributed by atoms with van der Waals surface area (Å²) in [4.78, 5) is 30.6. The average molecular weight is 283 g/mol. The topological polar surface area (TPSA) is 84.0 Å². The van der Waals surface area contributed by atoms with Crippen LogP contribution in [0.25, 0.3) is 0 Å². The highest BCUT2D eigenvalue weighted by atomic mass is 35.5. The fourth-order valence-corrected chi connectivity index (χ4v) is 1.60. The fraction of sp³-hybridized carbons (Fsp3) is 0.500. The van der Waals surface area contributed by atoms with Crippen molar-refractivity contribution >= 4 is 23.4 Å². The minimum atomic E-state index is -0.313. The number of nitrogens with one attached hydrogen (secondary N) is 2. The first-order valence-corrected chi connectivity index (χ1v) is 6.58. The molecule has 0 aromatic carbocycles. The Labute approximate surface area is 116 Å². The van der Waals surface area contributed by atoms with E-state index in [1.807, 2.05) is 0 Å². The summed E-state index contributed by atoms with van der Waals surface area (Å²) in [6.07, 6.45) is 5.82. The Morgan fingerprint density at radius 3 is 2.74 bits per heavy atom. The molecule has 0 radical (unpaired) electrons. The first-order valence-electron chi connectivity index (χ1n) is 6.20. The largest absolute Gasteiger partial charge is 0.353 e. The van der Waals surface area contributed by atoms with E-state index in [1.54, 1.807) is 0 Å². The van der Waals surface area contributed by atoms with Gasteiger partial charge in [-0.1, -0.05) is 11.6 Å². The molecule has 0 spiro atoms. The fourth-order valence-electron chi connectivity index (χ4n) is 1.50. The van der Waals surface area contributed by atoms with E-state index in [0.29, 0.717) is 25.4 Å². The Balaban J connectivity index is 1.63. The molecule has 1 fully saturated rings. The number of carbonyl (C=O) groups excluding carboxylic acids is 2. The normalized spacial score (nSPS) is 13.9. The van der Waals surface area contributed by atoms with Crippen LogP contribution in [0.2, 0.25) is 5.15 Å². The van der Waals surface area contributed by atoms with E-state index < -0.39 is 0 Å². The molecule has 7 heteroatoms. The van der Waals surface area contributed by atoms with Gasteiger partial charge in [0.25, 0.3) is 5.91 Å². The lowest BCUT2D eigenvalue weighted by Crippen LogP contribution is -2.28. The summed E-state index contributed by atoms with van der Waals surface area (Å²) in [5, 5.41) is 5.81. The molecule has 1 heterocycles. The van der Waals surface area contributed by atoms with Gasteiger partial charge in [0.15, 0.2) is 0 Å². The van der Waals surface area contributed by atoms with Crippen molar-refractivity contribution in [2.24, 2.45) is 0 Å². The van der Waals surface area contributed by atoms with Crippen molar-refractivity contribution in [3.05, 3.63) is 23.2 Å². The monoisotopic (exact) mass is 282 g/mol. The van der Waals surface area contributed by atoms with Crippen LogP contribution in [0.4, 0.5) is 0 Å². The Hall–Kier alpha value is -1.69. The van der Waals surface area contributed by atoms with Gasteiger partial charge in [-0.25, -0.2) is 9.97 Å². The van der Waals surface area contributed by atoms with Gasteiger partial charge in [-0.2, -0.15) is 0 Å². The zero-order valence-corrected chi connectivity index (χ0v) is 11.1. The zero-order chi connectivity index (χ0) is 13.7. The summed E-state index contributed by atoms with van der Waals surface area (Å²) in [6, 6.07) is 0.381. The molecule has 0 unspecified atom stereocenters. The minimum Gasteiger partial charge on any atom is -0.353 e. The highest BCUT2D eigenvalue weighted by Gasteiger charge is 2.22. The van der Waals surface area contributed by atoms with Gasteiger partial charge >= 0.3 is 0 Å². The SMILES string of the molecule is O=C(CCCNC(=O)c1cnc(Cl)cn1)NC1CC1. The number of aromatic nitrogens is 2. The van der Waals surface area contributed by atoms with Crippen LogP contribution in [0, 0.1) is 0 Å². The van der Waals surface area contributed by atoms with Crippen LogP contribution < -0.4 is 10.6 Å². The van der Waals surface area contributed by atoms with Crippen LogP contribution in [-0.4, -0.2) is 34.4 Å². The van der Waals surface area contributed by atoms with Crippen molar-refractivity contribution in [3.8, 4) is 0 Å². The molecule has 2 N–H and O–H groups in total. The van der Waals surface area contributed by atoms with Crippen LogP contribution >= 0.6 is 11.6 Å². The first kappa shape index (κ1) is 13.7. The van der Waals surface area contributed by atoms with Crippen molar-refractivity contribution in [3.63, 3.8) is 0 Å². The lowest BCUT2D eigenvalue weighted by atomic mass is 10.3. The van der Waals surface area contributed by atoms with E-state index in [2.05, 4.69) is 20.6 Å². The van der Waals surface area contributed by atoms with E-state index in [0.717, 1.165) is 12.8 Å².